The quantitative estimate of drug-likeness (QED) is 0.442. The second kappa shape index (κ2) is 4.98. The summed E-state index contributed by atoms with van der Waals surface area (Å²) >= 11 is 6.34. The highest BCUT2D eigenvalue weighted by Crippen LogP contribution is 1.96. The zero-order valence-electron chi connectivity index (χ0n) is 7.37. The third-order valence-corrected chi connectivity index (χ3v) is 2.45. The number of hydrogen-bond acceptors (Lipinski definition) is 4. The molecule has 6 heteroatoms. The Kier molecular flexibility index (Phi) is 3.91. The van der Waals surface area contributed by atoms with E-state index in [1.54, 1.807) is 12.5 Å². The van der Waals surface area contributed by atoms with E-state index in [0.717, 1.165) is 11.4 Å². The molecule has 0 aromatic carbocycles. The Bertz CT molecular complexity index is 318. The average molecular weight is 214 g/mol. The van der Waals surface area contributed by atoms with Crippen LogP contribution in [0.15, 0.2) is 11.4 Å². The number of thiocarbonyl (C=S) groups is 1. The van der Waals surface area contributed by atoms with Crippen LogP contribution in [0.25, 0.3) is 0 Å². The van der Waals surface area contributed by atoms with E-state index >= 15 is 0 Å². The first kappa shape index (κ1) is 10.2. The number of H-pyrrole nitrogens is 1. The lowest BCUT2D eigenvalue weighted by Gasteiger charge is -1.95. The molecule has 0 saturated heterocycles. The summed E-state index contributed by atoms with van der Waals surface area (Å²) in [5, 5.41) is 3.93. The lowest BCUT2D eigenvalue weighted by atomic mass is 10.4. The van der Waals surface area contributed by atoms with Crippen molar-refractivity contribution in [2.75, 3.05) is 6.26 Å². The molecule has 2 N–H and O–H groups in total. The molecule has 1 aromatic rings. The number of aromatic nitrogens is 2. The van der Waals surface area contributed by atoms with Crippen molar-refractivity contribution in [1.82, 2.24) is 15.4 Å². The summed E-state index contributed by atoms with van der Waals surface area (Å²) in [5.74, 6) is 0. The molecular weight excluding hydrogens is 204 g/mol. The lowest BCUT2D eigenvalue weighted by Crippen LogP contribution is -2.10. The number of imidazole rings is 1. The predicted molar refractivity (Wildman–Crippen MR) is 60.2 cm³/mol. The molecule has 0 spiro atoms. The zero-order valence-corrected chi connectivity index (χ0v) is 9.00. The second-order valence-electron chi connectivity index (χ2n) is 2.27. The molecule has 13 heavy (non-hydrogen) atoms. The molecule has 70 valence electrons. The highest BCUT2D eigenvalue weighted by atomic mass is 32.2. The summed E-state index contributed by atoms with van der Waals surface area (Å²) < 4.78 is 0.643. The van der Waals surface area contributed by atoms with Crippen molar-refractivity contribution in [3.8, 4) is 0 Å². The zero-order chi connectivity index (χ0) is 9.68. The van der Waals surface area contributed by atoms with E-state index < -0.39 is 0 Å². The molecule has 0 radical (unpaired) electrons. The minimum absolute atomic E-state index is 0.643. The highest BCUT2D eigenvalue weighted by molar-refractivity contribution is 8.22. The van der Waals surface area contributed by atoms with Crippen molar-refractivity contribution in [1.29, 1.82) is 0 Å². The highest BCUT2D eigenvalue weighted by Gasteiger charge is 1.95. The summed E-state index contributed by atoms with van der Waals surface area (Å²) in [5.41, 5.74) is 4.51. The van der Waals surface area contributed by atoms with Crippen molar-refractivity contribution in [2.45, 2.75) is 6.92 Å². The number of hydrogen-bond donors (Lipinski definition) is 2. The van der Waals surface area contributed by atoms with Gasteiger partial charge >= 0.3 is 0 Å². The largest absolute Gasteiger partial charge is 0.348 e. The van der Waals surface area contributed by atoms with Crippen LogP contribution in [0.4, 0.5) is 0 Å². The van der Waals surface area contributed by atoms with E-state index in [0.29, 0.717) is 4.32 Å². The molecule has 0 aliphatic carbocycles. The van der Waals surface area contributed by atoms with Gasteiger partial charge in [0.15, 0.2) is 4.32 Å². The van der Waals surface area contributed by atoms with Gasteiger partial charge in [0.05, 0.1) is 12.5 Å². The molecule has 0 unspecified atom stereocenters. The SMILES string of the molecule is CSC(=S)N/N=C/c1nc[nH]c1C. The van der Waals surface area contributed by atoms with Gasteiger partial charge in [-0.15, -0.1) is 0 Å². The maximum absolute atomic E-state index is 4.89. The van der Waals surface area contributed by atoms with Crippen LogP contribution in [0.3, 0.4) is 0 Å². The summed E-state index contributed by atoms with van der Waals surface area (Å²) in [4.78, 5) is 7.00. The number of nitrogens with zero attached hydrogens (tertiary/aromatic N) is 2. The lowest BCUT2D eigenvalue weighted by molar-refractivity contribution is 1.07. The third kappa shape index (κ3) is 3.16. The molecule has 0 aliphatic rings. The fraction of sp³-hybridized carbons (Fsp3) is 0.286. The Labute approximate surface area is 86.2 Å². The molecule has 0 saturated carbocycles. The Morgan fingerprint density at radius 3 is 3.15 bits per heavy atom. The van der Waals surface area contributed by atoms with Crippen molar-refractivity contribution < 1.29 is 0 Å². The fourth-order valence-corrected chi connectivity index (χ4v) is 0.888. The number of thioether (sulfide) groups is 1. The Morgan fingerprint density at radius 1 is 1.85 bits per heavy atom. The van der Waals surface area contributed by atoms with Gasteiger partial charge in [-0.3, -0.25) is 5.43 Å². The molecule has 0 amide bonds. The van der Waals surface area contributed by atoms with Crippen LogP contribution in [-0.2, 0) is 0 Å². The molecule has 0 aliphatic heterocycles. The van der Waals surface area contributed by atoms with Crippen LogP contribution in [0, 0.1) is 6.92 Å². The predicted octanol–water partition coefficient (Wildman–Crippen LogP) is 1.29. The van der Waals surface area contributed by atoms with Crippen LogP contribution in [0.2, 0.25) is 0 Å². The minimum atomic E-state index is 0.643. The number of hydrazone groups is 1. The average Bonchev–Trinajstić information content (AvgIpc) is 2.52. The van der Waals surface area contributed by atoms with Crippen LogP contribution >= 0.6 is 24.0 Å². The maximum atomic E-state index is 4.89. The Balaban J connectivity index is 2.50. The maximum Gasteiger partial charge on any atom is 0.153 e. The van der Waals surface area contributed by atoms with Crippen LogP contribution < -0.4 is 5.43 Å². The van der Waals surface area contributed by atoms with Gasteiger partial charge in [-0.05, 0) is 13.2 Å². The number of rotatable bonds is 2. The standard InChI is InChI=1S/C7H10N4S2/c1-5-6(9-4-8-5)3-10-11-7(12)13-2/h3-4H,1-2H3,(H,8,9)(H,11,12)/b10-3+. The summed E-state index contributed by atoms with van der Waals surface area (Å²) in [6.45, 7) is 1.93. The molecular formula is C7H10N4S2. The topological polar surface area (TPSA) is 53.1 Å². The number of aryl methyl sites for hydroxylation is 1. The van der Waals surface area contributed by atoms with Gasteiger partial charge in [-0.1, -0.05) is 24.0 Å². The molecule has 1 rings (SSSR count). The van der Waals surface area contributed by atoms with E-state index in [1.165, 1.54) is 11.8 Å². The molecule has 1 aromatic heterocycles. The van der Waals surface area contributed by atoms with Crippen molar-refractivity contribution in [3.63, 3.8) is 0 Å². The summed E-state index contributed by atoms with van der Waals surface area (Å²) in [6.07, 6.45) is 5.16. The molecule has 0 fully saturated rings. The van der Waals surface area contributed by atoms with E-state index in [-0.39, 0.29) is 0 Å². The summed E-state index contributed by atoms with van der Waals surface area (Å²) in [6, 6.07) is 0. The Hall–Kier alpha value is -0.880. The fourth-order valence-electron chi connectivity index (χ4n) is 0.691. The monoisotopic (exact) mass is 214 g/mol. The van der Waals surface area contributed by atoms with E-state index in [1.807, 2.05) is 13.2 Å². The third-order valence-electron chi connectivity index (χ3n) is 1.40. The molecule has 4 nitrogen and oxygen atoms in total. The van der Waals surface area contributed by atoms with Gasteiger partial charge in [-0.25, -0.2) is 4.98 Å². The van der Waals surface area contributed by atoms with Crippen molar-refractivity contribution in [3.05, 3.63) is 17.7 Å². The van der Waals surface area contributed by atoms with E-state index in [9.17, 15) is 0 Å². The first-order valence-electron chi connectivity index (χ1n) is 3.61. The van der Waals surface area contributed by atoms with Gasteiger partial charge in [0, 0.05) is 5.69 Å². The number of nitrogens with one attached hydrogen (secondary N) is 2. The summed E-state index contributed by atoms with van der Waals surface area (Å²) in [7, 11) is 0. The van der Waals surface area contributed by atoms with E-state index in [4.69, 9.17) is 12.2 Å². The second-order valence-corrected chi connectivity index (χ2v) is 3.76. The van der Waals surface area contributed by atoms with Gasteiger partial charge < -0.3 is 4.98 Å². The van der Waals surface area contributed by atoms with Gasteiger partial charge in [-0.2, -0.15) is 5.10 Å². The smallest absolute Gasteiger partial charge is 0.153 e. The first-order valence-corrected chi connectivity index (χ1v) is 5.24. The normalized spacial score (nSPS) is 10.6. The van der Waals surface area contributed by atoms with Crippen LogP contribution in [-0.4, -0.2) is 26.8 Å². The number of aromatic amines is 1. The van der Waals surface area contributed by atoms with Gasteiger partial charge in [0.2, 0.25) is 0 Å². The molecule has 0 atom stereocenters. The van der Waals surface area contributed by atoms with Crippen molar-refractivity contribution >= 4 is 34.5 Å². The van der Waals surface area contributed by atoms with Crippen molar-refractivity contribution in [2.24, 2.45) is 5.10 Å². The van der Waals surface area contributed by atoms with Gasteiger partial charge in [0.25, 0.3) is 0 Å². The molecule has 1 heterocycles. The van der Waals surface area contributed by atoms with E-state index in [2.05, 4.69) is 20.5 Å². The first-order chi connectivity index (χ1) is 6.24. The van der Waals surface area contributed by atoms with Crippen LogP contribution in [0.1, 0.15) is 11.4 Å². The van der Waals surface area contributed by atoms with Crippen LogP contribution in [0.5, 0.6) is 0 Å². The Morgan fingerprint density at radius 2 is 2.62 bits per heavy atom. The molecule has 0 bridgehead atoms. The minimum Gasteiger partial charge on any atom is -0.348 e. The van der Waals surface area contributed by atoms with Gasteiger partial charge in [0.1, 0.15) is 5.69 Å².